The molecule has 0 bridgehead atoms. The van der Waals surface area contributed by atoms with Crippen LogP contribution in [-0.2, 0) is 10.3 Å². The van der Waals surface area contributed by atoms with Gasteiger partial charge in [0.2, 0.25) is 6.10 Å². The Morgan fingerprint density at radius 1 is 1.21 bits per heavy atom. The van der Waals surface area contributed by atoms with Crippen molar-refractivity contribution >= 4 is 27.6 Å². The number of aromatic nitrogens is 1. The normalized spacial score (nSPS) is 24.6. The molecule has 0 amide bonds. The molecule has 0 fully saturated rings. The van der Waals surface area contributed by atoms with Crippen LogP contribution in [0, 0.1) is 5.82 Å². The number of nitrogens with zero attached hydrogens (tertiary/aromatic N) is 2. The second kappa shape index (κ2) is 7.81. The Labute approximate surface area is 170 Å². The van der Waals surface area contributed by atoms with Gasteiger partial charge in [-0.05, 0) is 35.0 Å². The molecule has 0 unspecified atom stereocenters. The number of Topliss-reactive ketones (excluding diaryl/α,β-unsaturated/α-hetero) is 1. The van der Waals surface area contributed by atoms with Crippen LogP contribution in [0.4, 0.5) is 22.0 Å². The van der Waals surface area contributed by atoms with Crippen molar-refractivity contribution in [3.63, 3.8) is 0 Å². The molecular formula is C19H14BrF5N2O2. The van der Waals surface area contributed by atoms with Crippen molar-refractivity contribution in [2.45, 2.75) is 37.3 Å². The zero-order chi connectivity index (χ0) is 21.4. The maximum absolute atomic E-state index is 15.0. The maximum atomic E-state index is 15.0. The lowest BCUT2D eigenvalue weighted by Gasteiger charge is -2.39. The Balaban J connectivity index is 2.06. The minimum atomic E-state index is -5.11. The van der Waals surface area contributed by atoms with Crippen LogP contribution in [-0.4, -0.2) is 35.1 Å². The minimum Gasteiger partial charge on any atom is -0.464 e. The highest BCUT2D eigenvalue weighted by molar-refractivity contribution is 9.10. The molecule has 0 N–H and O–H groups in total. The van der Waals surface area contributed by atoms with Gasteiger partial charge in [-0.3, -0.25) is 4.79 Å². The number of ketones is 1. The first-order valence-electron chi connectivity index (χ1n) is 8.39. The van der Waals surface area contributed by atoms with Gasteiger partial charge < -0.3 is 4.74 Å². The lowest BCUT2D eigenvalue weighted by atomic mass is 9.86. The van der Waals surface area contributed by atoms with Gasteiger partial charge in [-0.25, -0.2) is 18.8 Å². The topological polar surface area (TPSA) is 51.5 Å². The monoisotopic (exact) mass is 476 g/mol. The van der Waals surface area contributed by atoms with Crippen molar-refractivity contribution in [2.24, 2.45) is 4.99 Å². The maximum Gasteiger partial charge on any atom is 0.428 e. The molecule has 29 heavy (non-hydrogen) atoms. The van der Waals surface area contributed by atoms with Gasteiger partial charge in [-0.1, -0.05) is 30.3 Å². The second-order valence-electron chi connectivity index (χ2n) is 6.57. The number of rotatable bonds is 4. The van der Waals surface area contributed by atoms with Crippen molar-refractivity contribution < 1.29 is 31.5 Å². The fraction of sp³-hybridized carbons (Fsp3) is 0.316. The lowest BCUT2D eigenvalue weighted by molar-refractivity contribution is -0.227. The van der Waals surface area contributed by atoms with Crippen LogP contribution in [0.5, 0.6) is 0 Å². The Morgan fingerprint density at radius 2 is 1.86 bits per heavy atom. The average molecular weight is 477 g/mol. The number of carbonyl (C=O) groups excluding carboxylic acids is 1. The molecule has 0 saturated heterocycles. The van der Waals surface area contributed by atoms with Gasteiger partial charge in [0.25, 0.3) is 0 Å². The fourth-order valence-electron chi connectivity index (χ4n) is 2.98. The molecule has 1 aliphatic rings. The molecule has 0 aliphatic carbocycles. The number of hydrogen-bond acceptors (Lipinski definition) is 4. The number of pyridine rings is 1. The van der Waals surface area contributed by atoms with Crippen LogP contribution < -0.4 is 0 Å². The highest BCUT2D eigenvalue weighted by atomic mass is 79.9. The van der Waals surface area contributed by atoms with Crippen LogP contribution in [0.1, 0.15) is 29.4 Å². The van der Waals surface area contributed by atoms with E-state index >= 15 is 0 Å². The number of alkyl halides is 4. The summed E-state index contributed by atoms with van der Waals surface area (Å²) in [5, 5.41) is 0. The molecule has 0 radical (unpaired) electrons. The molecule has 2 heterocycles. The number of benzene rings is 1. The molecule has 0 spiro atoms. The quantitative estimate of drug-likeness (QED) is 0.347. The van der Waals surface area contributed by atoms with Crippen molar-refractivity contribution in [1.82, 2.24) is 4.98 Å². The molecule has 154 valence electrons. The molecule has 4 nitrogen and oxygen atoms in total. The zero-order valence-corrected chi connectivity index (χ0v) is 16.5. The number of carbonyl (C=O) groups is 1. The van der Waals surface area contributed by atoms with Gasteiger partial charge in [0.1, 0.15) is 21.7 Å². The number of ether oxygens (including phenoxy) is 1. The summed E-state index contributed by atoms with van der Waals surface area (Å²) in [7, 11) is 0. The summed E-state index contributed by atoms with van der Waals surface area (Å²) in [6.45, 7) is 0.990. The van der Waals surface area contributed by atoms with Crippen LogP contribution in [0.2, 0.25) is 0 Å². The zero-order valence-electron chi connectivity index (χ0n) is 14.9. The van der Waals surface area contributed by atoms with E-state index in [-0.39, 0.29) is 10.2 Å². The Hall–Kier alpha value is -2.36. The first-order valence-corrected chi connectivity index (χ1v) is 9.18. The molecule has 1 aromatic carbocycles. The largest absolute Gasteiger partial charge is 0.464 e. The SMILES string of the molecule is C[C@]1(c2nc(Br)ccc2F)N=C(CC(=O)c2ccccc2)O[C@@H](C(F)(F)F)[C@@H]1F. The third-order valence-electron chi connectivity index (χ3n) is 4.44. The standard InChI is InChI=1S/C19H14BrF5N2O2/c1-18(16-11(21)7-8-13(20)26-16)15(22)17(19(23,24)25)29-14(27-18)9-12(28)10-5-3-2-4-6-10/h2-8,15,17H,9H2,1H3/t15-,17+,18-/m0/s1. The molecule has 0 saturated carbocycles. The smallest absolute Gasteiger partial charge is 0.428 e. The van der Waals surface area contributed by atoms with E-state index in [0.717, 1.165) is 13.0 Å². The van der Waals surface area contributed by atoms with E-state index in [9.17, 15) is 26.7 Å². The van der Waals surface area contributed by atoms with Crippen LogP contribution in [0.3, 0.4) is 0 Å². The van der Waals surface area contributed by atoms with Crippen molar-refractivity contribution in [1.29, 1.82) is 0 Å². The van der Waals surface area contributed by atoms with Gasteiger partial charge in [-0.2, -0.15) is 13.2 Å². The van der Waals surface area contributed by atoms with E-state index in [1.54, 1.807) is 18.2 Å². The highest BCUT2D eigenvalue weighted by Crippen LogP contribution is 2.43. The second-order valence-corrected chi connectivity index (χ2v) is 7.38. The summed E-state index contributed by atoms with van der Waals surface area (Å²) in [4.78, 5) is 20.1. The van der Waals surface area contributed by atoms with Gasteiger partial charge >= 0.3 is 6.18 Å². The van der Waals surface area contributed by atoms with Gasteiger partial charge in [0.15, 0.2) is 17.9 Å². The highest BCUT2D eigenvalue weighted by Gasteiger charge is 2.59. The van der Waals surface area contributed by atoms with Crippen molar-refractivity contribution in [3.05, 3.63) is 64.1 Å². The van der Waals surface area contributed by atoms with Crippen LogP contribution in [0.15, 0.2) is 52.1 Å². The minimum absolute atomic E-state index is 0.0921. The average Bonchev–Trinajstić information content (AvgIpc) is 2.66. The Bertz CT molecular complexity index is 951. The Morgan fingerprint density at radius 3 is 2.48 bits per heavy atom. The van der Waals surface area contributed by atoms with E-state index in [4.69, 9.17) is 4.74 Å². The lowest BCUT2D eigenvalue weighted by Crippen LogP contribution is -2.54. The molecule has 1 aliphatic heterocycles. The van der Waals surface area contributed by atoms with Crippen molar-refractivity contribution in [2.75, 3.05) is 0 Å². The van der Waals surface area contributed by atoms with E-state index in [0.29, 0.717) is 0 Å². The van der Waals surface area contributed by atoms with Crippen LogP contribution in [0.25, 0.3) is 0 Å². The van der Waals surface area contributed by atoms with Crippen LogP contribution >= 0.6 is 15.9 Å². The van der Waals surface area contributed by atoms with E-state index in [1.165, 1.54) is 18.2 Å². The number of hydrogen-bond donors (Lipinski definition) is 0. The molecule has 1 aromatic heterocycles. The molecular weight excluding hydrogens is 463 g/mol. The summed E-state index contributed by atoms with van der Waals surface area (Å²) >= 11 is 2.99. The summed E-state index contributed by atoms with van der Waals surface area (Å²) in [6, 6.07) is 9.93. The summed E-state index contributed by atoms with van der Waals surface area (Å²) in [6.07, 6.45) is -11.5. The molecule has 2 aromatic rings. The predicted octanol–water partition coefficient (Wildman–Crippen LogP) is 5.17. The number of aliphatic imine (C=N–C) groups is 1. The third-order valence-corrected chi connectivity index (χ3v) is 4.89. The van der Waals surface area contributed by atoms with Gasteiger partial charge in [0.05, 0.1) is 6.42 Å². The molecule has 3 atom stereocenters. The summed E-state index contributed by atoms with van der Waals surface area (Å²) in [5.41, 5.74) is -2.75. The summed E-state index contributed by atoms with van der Waals surface area (Å²) in [5.74, 6) is -2.25. The van der Waals surface area contributed by atoms with Crippen molar-refractivity contribution in [3.8, 4) is 0 Å². The molecule has 10 heteroatoms. The van der Waals surface area contributed by atoms with E-state index in [1.807, 2.05) is 0 Å². The number of halogens is 6. The Kier molecular flexibility index (Phi) is 5.75. The van der Waals surface area contributed by atoms with Gasteiger partial charge in [0, 0.05) is 5.56 Å². The van der Waals surface area contributed by atoms with Gasteiger partial charge in [-0.15, -0.1) is 0 Å². The first-order chi connectivity index (χ1) is 13.5. The first kappa shape index (κ1) is 21.4. The molecule has 3 rings (SSSR count). The van der Waals surface area contributed by atoms with E-state index in [2.05, 4.69) is 25.9 Å². The summed E-state index contributed by atoms with van der Waals surface area (Å²) < 4.78 is 74.4. The fourth-order valence-corrected chi connectivity index (χ4v) is 3.29. The third kappa shape index (κ3) is 4.31. The van der Waals surface area contributed by atoms with E-state index < -0.39 is 53.6 Å². The predicted molar refractivity (Wildman–Crippen MR) is 97.9 cm³/mol.